The van der Waals surface area contributed by atoms with Crippen LogP contribution in [0.2, 0.25) is 0 Å². The molecule has 33 heavy (non-hydrogen) atoms. The molecule has 2 saturated heterocycles. The van der Waals surface area contributed by atoms with Crippen LogP contribution in [-0.2, 0) is 17.9 Å². The zero-order chi connectivity index (χ0) is 22.6. The Morgan fingerprint density at radius 1 is 1.03 bits per heavy atom. The van der Waals surface area contributed by atoms with Gasteiger partial charge in [0.15, 0.2) is 0 Å². The summed E-state index contributed by atoms with van der Waals surface area (Å²) in [5, 5.41) is 2.93. The summed E-state index contributed by atoms with van der Waals surface area (Å²) < 4.78 is 5.42. The Balaban J connectivity index is 1.18. The molecule has 2 fully saturated rings. The summed E-state index contributed by atoms with van der Waals surface area (Å²) in [7, 11) is 0. The van der Waals surface area contributed by atoms with E-state index in [-0.39, 0.29) is 17.2 Å². The first-order valence-corrected chi connectivity index (χ1v) is 12.4. The molecule has 2 aliphatic heterocycles. The molecule has 7 heteroatoms. The molecule has 1 N–H and O–H groups in total. The van der Waals surface area contributed by atoms with Crippen LogP contribution >= 0.6 is 11.8 Å². The Morgan fingerprint density at radius 2 is 1.79 bits per heavy atom. The van der Waals surface area contributed by atoms with Crippen LogP contribution in [0.3, 0.4) is 0 Å². The fourth-order valence-electron chi connectivity index (χ4n) is 4.36. The number of rotatable bonds is 7. The third kappa shape index (κ3) is 4.93. The summed E-state index contributed by atoms with van der Waals surface area (Å²) >= 11 is 1.60. The van der Waals surface area contributed by atoms with Crippen molar-refractivity contribution in [3.63, 3.8) is 0 Å². The molecule has 6 nitrogen and oxygen atoms in total. The Morgan fingerprint density at radius 3 is 2.48 bits per heavy atom. The monoisotopic (exact) mass is 461 g/mol. The van der Waals surface area contributed by atoms with E-state index in [1.807, 2.05) is 41.3 Å². The highest BCUT2D eigenvalue weighted by atomic mass is 32.2. The minimum atomic E-state index is -0.104. The van der Waals surface area contributed by atoms with Crippen molar-refractivity contribution >= 4 is 29.3 Å². The summed E-state index contributed by atoms with van der Waals surface area (Å²) in [6.07, 6.45) is 4.13. The van der Waals surface area contributed by atoms with Gasteiger partial charge in [-0.2, -0.15) is 0 Å². The largest absolute Gasteiger partial charge is 0.467 e. The van der Waals surface area contributed by atoms with E-state index in [2.05, 4.69) is 34.5 Å². The number of carbonyl (C=O) groups excluding carboxylic acids is 2. The minimum absolute atomic E-state index is 0.0752. The van der Waals surface area contributed by atoms with Crippen LogP contribution in [0.15, 0.2) is 71.3 Å². The van der Waals surface area contributed by atoms with E-state index >= 15 is 0 Å². The van der Waals surface area contributed by atoms with Crippen LogP contribution in [0.5, 0.6) is 0 Å². The maximum atomic E-state index is 12.7. The summed E-state index contributed by atoms with van der Waals surface area (Å²) in [5.74, 6) is 1.21. The van der Waals surface area contributed by atoms with Crippen molar-refractivity contribution in [3.05, 3.63) is 89.4 Å². The van der Waals surface area contributed by atoms with E-state index in [1.165, 1.54) is 18.5 Å². The van der Waals surface area contributed by atoms with Crippen LogP contribution in [0.4, 0.5) is 5.69 Å². The van der Waals surface area contributed by atoms with Crippen molar-refractivity contribution in [1.82, 2.24) is 10.2 Å². The topological polar surface area (TPSA) is 65.8 Å². The van der Waals surface area contributed by atoms with E-state index in [4.69, 9.17) is 4.42 Å². The predicted molar refractivity (Wildman–Crippen MR) is 130 cm³/mol. The molecule has 0 saturated carbocycles. The SMILES string of the molecule is O=C(NCc1ccc(N2CCCC2)cc1)c1ccc([C@@H]2SCC(=O)N2Cc2ccco2)cc1. The number of anilines is 1. The van der Waals surface area contributed by atoms with Gasteiger partial charge in [-0.1, -0.05) is 24.3 Å². The van der Waals surface area contributed by atoms with Gasteiger partial charge >= 0.3 is 0 Å². The molecule has 2 amide bonds. The highest BCUT2D eigenvalue weighted by molar-refractivity contribution is 8.00. The highest BCUT2D eigenvalue weighted by Crippen LogP contribution is 2.39. The van der Waals surface area contributed by atoms with Crippen molar-refractivity contribution in [3.8, 4) is 0 Å². The van der Waals surface area contributed by atoms with Crippen molar-refractivity contribution < 1.29 is 14.0 Å². The molecule has 0 unspecified atom stereocenters. The third-order valence-electron chi connectivity index (χ3n) is 6.19. The van der Waals surface area contributed by atoms with Crippen LogP contribution in [0.25, 0.3) is 0 Å². The maximum Gasteiger partial charge on any atom is 0.251 e. The van der Waals surface area contributed by atoms with E-state index in [0.717, 1.165) is 30.0 Å². The number of amides is 2. The van der Waals surface area contributed by atoms with Gasteiger partial charge in [-0.25, -0.2) is 0 Å². The number of benzene rings is 2. The number of nitrogens with zero attached hydrogens (tertiary/aromatic N) is 2. The molecule has 1 aromatic heterocycles. The molecular formula is C26H27N3O3S. The first-order chi connectivity index (χ1) is 16.2. The highest BCUT2D eigenvalue weighted by Gasteiger charge is 2.33. The van der Waals surface area contributed by atoms with E-state index in [0.29, 0.717) is 24.4 Å². The number of hydrogen-bond acceptors (Lipinski definition) is 5. The normalized spacial score (nSPS) is 18.2. The fraction of sp³-hybridized carbons (Fsp3) is 0.308. The molecule has 170 valence electrons. The molecule has 1 atom stereocenters. The Hall–Kier alpha value is -3.19. The lowest BCUT2D eigenvalue weighted by Gasteiger charge is -2.23. The quantitative estimate of drug-likeness (QED) is 0.558. The molecule has 0 spiro atoms. The van der Waals surface area contributed by atoms with Gasteiger partial charge in [0.1, 0.15) is 11.1 Å². The van der Waals surface area contributed by atoms with Crippen molar-refractivity contribution in [1.29, 1.82) is 0 Å². The van der Waals surface area contributed by atoms with E-state index in [1.54, 1.807) is 18.0 Å². The summed E-state index contributed by atoms with van der Waals surface area (Å²) in [5.41, 5.74) is 3.95. The summed E-state index contributed by atoms with van der Waals surface area (Å²) in [4.78, 5) is 29.2. The molecule has 2 aromatic carbocycles. The van der Waals surface area contributed by atoms with Crippen LogP contribution in [0.1, 0.15) is 45.5 Å². The van der Waals surface area contributed by atoms with Gasteiger partial charge in [0, 0.05) is 30.9 Å². The van der Waals surface area contributed by atoms with Gasteiger partial charge in [-0.15, -0.1) is 11.8 Å². The third-order valence-corrected chi connectivity index (χ3v) is 7.45. The van der Waals surface area contributed by atoms with Gasteiger partial charge in [0.2, 0.25) is 5.91 Å². The van der Waals surface area contributed by atoms with Crippen molar-refractivity contribution in [2.75, 3.05) is 23.7 Å². The standard InChI is InChI=1S/C26H27N3O3S/c30-24-18-33-26(29(24)17-23-4-3-15-32-23)21-9-7-20(8-10-21)25(31)27-16-19-5-11-22(12-6-19)28-13-1-2-14-28/h3-12,15,26H,1-2,13-14,16-18H2,(H,27,31)/t26-/m0/s1. The van der Waals surface area contributed by atoms with Crippen LogP contribution < -0.4 is 10.2 Å². The Labute approximate surface area is 197 Å². The maximum absolute atomic E-state index is 12.7. The van der Waals surface area contributed by atoms with Crippen LogP contribution in [-0.4, -0.2) is 35.6 Å². The summed E-state index contributed by atoms with van der Waals surface area (Å²) in [6.45, 7) is 3.19. The van der Waals surface area contributed by atoms with Gasteiger partial charge < -0.3 is 19.5 Å². The molecule has 5 rings (SSSR count). The second kappa shape index (κ2) is 9.75. The number of nitrogens with one attached hydrogen (secondary N) is 1. The smallest absolute Gasteiger partial charge is 0.251 e. The zero-order valence-corrected chi connectivity index (χ0v) is 19.2. The van der Waals surface area contributed by atoms with Gasteiger partial charge in [0.05, 0.1) is 18.6 Å². The first kappa shape index (κ1) is 21.6. The number of furan rings is 1. The lowest BCUT2D eigenvalue weighted by atomic mass is 10.1. The molecule has 2 aliphatic rings. The molecular weight excluding hydrogens is 434 g/mol. The second-order valence-corrected chi connectivity index (χ2v) is 9.50. The Bertz CT molecular complexity index is 1090. The lowest BCUT2D eigenvalue weighted by molar-refractivity contribution is -0.128. The minimum Gasteiger partial charge on any atom is -0.467 e. The van der Waals surface area contributed by atoms with Crippen molar-refractivity contribution in [2.45, 2.75) is 31.3 Å². The molecule has 0 aliphatic carbocycles. The van der Waals surface area contributed by atoms with Gasteiger partial charge in [-0.3, -0.25) is 9.59 Å². The lowest BCUT2D eigenvalue weighted by Crippen LogP contribution is -2.27. The predicted octanol–water partition coefficient (Wildman–Crippen LogP) is 4.58. The zero-order valence-electron chi connectivity index (χ0n) is 18.4. The number of thioether (sulfide) groups is 1. The number of carbonyl (C=O) groups is 2. The molecule has 0 bridgehead atoms. The first-order valence-electron chi connectivity index (χ1n) is 11.3. The fourth-order valence-corrected chi connectivity index (χ4v) is 5.54. The van der Waals surface area contributed by atoms with Gasteiger partial charge in [-0.05, 0) is 60.4 Å². The average Bonchev–Trinajstić information content (AvgIpc) is 3.62. The molecule has 0 radical (unpaired) electrons. The molecule has 3 aromatic rings. The number of hydrogen-bond donors (Lipinski definition) is 1. The van der Waals surface area contributed by atoms with E-state index < -0.39 is 0 Å². The summed E-state index contributed by atoms with van der Waals surface area (Å²) in [6, 6.07) is 19.7. The van der Waals surface area contributed by atoms with E-state index in [9.17, 15) is 9.59 Å². The average molecular weight is 462 g/mol. The van der Waals surface area contributed by atoms with Gasteiger partial charge in [0.25, 0.3) is 5.91 Å². The Kier molecular flexibility index (Phi) is 6.39. The second-order valence-electron chi connectivity index (χ2n) is 8.43. The molecule has 3 heterocycles. The van der Waals surface area contributed by atoms with Crippen molar-refractivity contribution in [2.24, 2.45) is 0 Å². The van der Waals surface area contributed by atoms with Crippen LogP contribution in [0, 0.1) is 0 Å².